The van der Waals surface area contributed by atoms with Gasteiger partial charge in [0.2, 0.25) is 0 Å². The van der Waals surface area contributed by atoms with Gasteiger partial charge in [-0.2, -0.15) is 0 Å². The minimum atomic E-state index is 0.420. The Kier molecular flexibility index (Phi) is 4.86. The van der Waals surface area contributed by atoms with E-state index in [-0.39, 0.29) is 0 Å². The average Bonchev–Trinajstić information content (AvgIpc) is 3.01. The van der Waals surface area contributed by atoms with Crippen LogP contribution in [0.5, 0.6) is 0 Å². The normalized spacial score (nSPS) is 18.3. The molecule has 5 rings (SSSR count). The second-order valence-electron chi connectivity index (χ2n) is 7.96. The van der Waals surface area contributed by atoms with E-state index in [4.69, 9.17) is 4.99 Å². The highest BCUT2D eigenvalue weighted by Gasteiger charge is 2.27. The number of aliphatic imine (C=N–C) groups is 1. The van der Waals surface area contributed by atoms with Crippen molar-refractivity contribution in [1.82, 2.24) is 10.2 Å². The molecule has 0 amide bonds. The number of nitrogens with one attached hydrogen (secondary N) is 2. The van der Waals surface area contributed by atoms with Gasteiger partial charge in [0.15, 0.2) is 0 Å². The van der Waals surface area contributed by atoms with Gasteiger partial charge in [-0.1, -0.05) is 42.0 Å². The monoisotopic (exact) mass is 402 g/mol. The van der Waals surface area contributed by atoms with E-state index in [0.29, 0.717) is 6.04 Å². The Morgan fingerprint density at radius 1 is 1.10 bits per heavy atom. The third kappa shape index (κ3) is 3.80. The molecule has 1 aromatic heterocycles. The highest BCUT2D eigenvalue weighted by atomic mass is 32.1. The first-order valence-corrected chi connectivity index (χ1v) is 11.1. The van der Waals surface area contributed by atoms with E-state index in [9.17, 15) is 0 Å². The van der Waals surface area contributed by atoms with Crippen LogP contribution in [0.4, 0.5) is 16.4 Å². The number of fused-ring (bicyclic) bond motifs is 2. The molecule has 1 saturated heterocycles. The van der Waals surface area contributed by atoms with Gasteiger partial charge in [-0.3, -0.25) is 0 Å². The third-order valence-corrected chi connectivity index (χ3v) is 6.60. The Hall–Kier alpha value is -2.63. The molecule has 4 nitrogen and oxygen atoms in total. The van der Waals surface area contributed by atoms with Gasteiger partial charge in [-0.15, -0.1) is 11.3 Å². The number of nitrogens with zero attached hydrogens (tertiary/aromatic N) is 2. The average molecular weight is 403 g/mol. The molecule has 29 heavy (non-hydrogen) atoms. The minimum Gasteiger partial charge on any atom is -0.353 e. The lowest BCUT2D eigenvalue weighted by Gasteiger charge is -2.36. The van der Waals surface area contributed by atoms with Gasteiger partial charge in [-0.25, -0.2) is 4.99 Å². The van der Waals surface area contributed by atoms with Gasteiger partial charge >= 0.3 is 0 Å². The molecule has 0 saturated carbocycles. The lowest BCUT2D eigenvalue weighted by Crippen LogP contribution is -2.53. The molecule has 3 aromatic rings. The van der Waals surface area contributed by atoms with Crippen LogP contribution in [0.1, 0.15) is 21.6 Å². The Morgan fingerprint density at radius 2 is 1.93 bits per heavy atom. The topological polar surface area (TPSA) is 39.7 Å². The Morgan fingerprint density at radius 3 is 2.79 bits per heavy atom. The number of thiophene rings is 1. The second-order valence-corrected chi connectivity index (χ2v) is 9.22. The summed E-state index contributed by atoms with van der Waals surface area (Å²) in [5.41, 5.74) is 6.01. The molecule has 148 valence electrons. The van der Waals surface area contributed by atoms with Crippen molar-refractivity contribution in [1.29, 1.82) is 0 Å². The predicted molar refractivity (Wildman–Crippen MR) is 123 cm³/mol. The summed E-state index contributed by atoms with van der Waals surface area (Å²) in [6.07, 6.45) is 1.04. The number of hydrogen-bond acceptors (Lipinski definition) is 5. The summed E-state index contributed by atoms with van der Waals surface area (Å²) in [5.74, 6) is 1.09. The molecule has 3 heterocycles. The molecule has 2 aromatic carbocycles. The Bertz CT molecular complexity index is 1050. The molecule has 0 radical (unpaired) electrons. The number of aryl methyl sites for hydroxylation is 2. The molecular weight excluding hydrogens is 376 g/mol. The van der Waals surface area contributed by atoms with Crippen LogP contribution in [0.2, 0.25) is 0 Å². The SMILES string of the molecule is Cc1ccc(CC2CN(C3=Nc4ccccc4Nc4sc(C)cc43)CCN2)cc1. The third-order valence-electron chi connectivity index (χ3n) is 5.63. The number of benzene rings is 2. The highest BCUT2D eigenvalue weighted by molar-refractivity contribution is 7.16. The van der Waals surface area contributed by atoms with Gasteiger partial charge in [0.05, 0.1) is 16.9 Å². The maximum absolute atomic E-state index is 5.13. The molecule has 2 aliphatic heterocycles. The number of para-hydroxylation sites is 2. The first kappa shape index (κ1) is 18.4. The number of amidine groups is 1. The van der Waals surface area contributed by atoms with Gasteiger partial charge in [0, 0.05) is 30.6 Å². The van der Waals surface area contributed by atoms with Crippen LogP contribution < -0.4 is 10.6 Å². The standard InChI is InChI=1S/C24H26N4S/c1-16-7-9-18(10-8-16)14-19-15-28(12-11-25-19)23-20-13-17(2)29-24(20)27-22-6-4-3-5-21(22)26-23/h3-10,13,19,25,27H,11-12,14-15H2,1-2H3. The van der Waals surface area contributed by atoms with E-state index in [1.54, 1.807) is 11.3 Å². The first-order chi connectivity index (χ1) is 14.2. The van der Waals surface area contributed by atoms with Crippen molar-refractivity contribution >= 4 is 33.5 Å². The summed E-state index contributed by atoms with van der Waals surface area (Å²) in [6, 6.07) is 19.9. The molecule has 2 aliphatic rings. The van der Waals surface area contributed by atoms with Gasteiger partial charge in [-0.05, 0) is 44.0 Å². The van der Waals surface area contributed by atoms with E-state index < -0.39 is 0 Å². The van der Waals surface area contributed by atoms with Crippen LogP contribution in [0.3, 0.4) is 0 Å². The van der Waals surface area contributed by atoms with Gasteiger partial charge in [0.25, 0.3) is 0 Å². The molecule has 1 unspecified atom stereocenters. The van der Waals surface area contributed by atoms with Crippen LogP contribution in [0.15, 0.2) is 59.6 Å². The van der Waals surface area contributed by atoms with Crippen molar-refractivity contribution in [3.63, 3.8) is 0 Å². The van der Waals surface area contributed by atoms with Crippen LogP contribution in [0, 0.1) is 13.8 Å². The van der Waals surface area contributed by atoms with Crippen LogP contribution >= 0.6 is 11.3 Å². The fraction of sp³-hybridized carbons (Fsp3) is 0.292. The minimum absolute atomic E-state index is 0.420. The van der Waals surface area contributed by atoms with Crippen molar-refractivity contribution in [2.45, 2.75) is 26.3 Å². The smallest absolute Gasteiger partial charge is 0.139 e. The molecule has 5 heteroatoms. The van der Waals surface area contributed by atoms with E-state index in [1.807, 2.05) is 0 Å². The van der Waals surface area contributed by atoms with E-state index >= 15 is 0 Å². The molecule has 1 atom stereocenters. The molecule has 1 fully saturated rings. The summed E-state index contributed by atoms with van der Waals surface area (Å²) in [7, 11) is 0. The molecule has 0 bridgehead atoms. The fourth-order valence-corrected chi connectivity index (χ4v) is 5.07. The van der Waals surface area contributed by atoms with Crippen molar-refractivity contribution in [2.24, 2.45) is 4.99 Å². The summed E-state index contributed by atoms with van der Waals surface area (Å²) in [5, 5.41) is 8.51. The van der Waals surface area contributed by atoms with Gasteiger partial charge < -0.3 is 15.5 Å². The van der Waals surface area contributed by atoms with E-state index in [0.717, 1.165) is 43.3 Å². The Balaban J connectivity index is 1.45. The largest absolute Gasteiger partial charge is 0.353 e. The highest BCUT2D eigenvalue weighted by Crippen LogP contribution is 2.39. The number of hydrogen-bond donors (Lipinski definition) is 2. The maximum Gasteiger partial charge on any atom is 0.139 e. The van der Waals surface area contributed by atoms with Crippen molar-refractivity contribution in [3.8, 4) is 0 Å². The summed E-state index contributed by atoms with van der Waals surface area (Å²) in [4.78, 5) is 8.90. The molecule has 0 aliphatic carbocycles. The summed E-state index contributed by atoms with van der Waals surface area (Å²) < 4.78 is 0. The fourth-order valence-electron chi connectivity index (χ4n) is 4.15. The number of piperazine rings is 1. The maximum atomic E-state index is 5.13. The van der Waals surface area contributed by atoms with Crippen molar-refractivity contribution in [3.05, 3.63) is 76.2 Å². The summed E-state index contributed by atoms with van der Waals surface area (Å²) >= 11 is 1.81. The summed E-state index contributed by atoms with van der Waals surface area (Å²) in [6.45, 7) is 7.22. The zero-order valence-corrected chi connectivity index (χ0v) is 17.7. The lowest BCUT2D eigenvalue weighted by atomic mass is 10.0. The number of anilines is 2. The molecule has 2 N–H and O–H groups in total. The van der Waals surface area contributed by atoms with Crippen LogP contribution in [0.25, 0.3) is 0 Å². The predicted octanol–water partition coefficient (Wildman–Crippen LogP) is 5.02. The van der Waals surface area contributed by atoms with Crippen LogP contribution in [-0.2, 0) is 6.42 Å². The van der Waals surface area contributed by atoms with Crippen LogP contribution in [-0.4, -0.2) is 36.4 Å². The van der Waals surface area contributed by atoms with Crippen molar-refractivity contribution < 1.29 is 0 Å². The Labute approximate surface area is 176 Å². The number of rotatable bonds is 2. The second kappa shape index (κ2) is 7.65. The zero-order chi connectivity index (χ0) is 19.8. The molecule has 0 spiro atoms. The lowest BCUT2D eigenvalue weighted by molar-refractivity contribution is 0.290. The molecular formula is C24H26N4S. The first-order valence-electron chi connectivity index (χ1n) is 10.2. The van der Waals surface area contributed by atoms with E-state index in [2.05, 4.69) is 84.0 Å². The quantitative estimate of drug-likeness (QED) is 0.632. The van der Waals surface area contributed by atoms with Crippen molar-refractivity contribution in [2.75, 3.05) is 25.0 Å². The zero-order valence-electron chi connectivity index (χ0n) is 16.9. The van der Waals surface area contributed by atoms with Gasteiger partial charge in [0.1, 0.15) is 10.8 Å². The van der Waals surface area contributed by atoms with E-state index in [1.165, 1.54) is 26.6 Å².